The van der Waals surface area contributed by atoms with Gasteiger partial charge in [-0.2, -0.15) is 0 Å². The Morgan fingerprint density at radius 3 is 3.64 bits per heavy atom. The molecule has 1 saturated heterocycles. The molecule has 14 heavy (non-hydrogen) atoms. The zero-order valence-electron chi connectivity index (χ0n) is 21.8. The third-order valence-electron chi connectivity index (χ3n) is 1.40. The molecule has 0 radical (unpaired) electrons. The number of pyridine rings is 1. The number of rotatable bonds is 1. The molecule has 76 valence electrons. The van der Waals surface area contributed by atoms with Crippen LogP contribution in [0.4, 0.5) is 5.82 Å². The number of halogens is 1. The first-order valence-electron chi connectivity index (χ1n) is 11.1. The van der Waals surface area contributed by atoms with E-state index in [1.54, 1.807) is 0 Å². The summed E-state index contributed by atoms with van der Waals surface area (Å²) >= 11 is 2.80. The molecule has 1 aliphatic heterocycles. The highest BCUT2D eigenvalue weighted by atomic mass is 79.9. The quantitative estimate of drug-likeness (QED) is 0.779. The Morgan fingerprint density at radius 2 is 2.79 bits per heavy atom. The molecule has 2 nitrogen and oxygen atoms in total. The Balaban J connectivity index is 3.09. The molecule has 1 aromatic heterocycles. The van der Waals surface area contributed by atoms with Gasteiger partial charge >= 0.3 is 0 Å². The molecule has 2 rings (SSSR count). The molecule has 0 spiro atoms. The van der Waals surface area contributed by atoms with E-state index in [0.29, 0.717) is 0 Å². The summed E-state index contributed by atoms with van der Waals surface area (Å²) in [6.45, 7) is -7.45. The van der Waals surface area contributed by atoms with Gasteiger partial charge in [0.05, 0.1) is 5.48 Å². The molecule has 2 heterocycles. The number of hydrogen-bond donors (Lipinski definition) is 0. The molecular formula is C11H15BrN2. The summed E-state index contributed by atoms with van der Waals surface area (Å²) in [7, 11) is 0. The molecule has 0 saturated carbocycles. The Hall–Kier alpha value is -0.570. The number of aromatic nitrogens is 1. The van der Waals surface area contributed by atoms with Gasteiger partial charge in [-0.05, 0) is 38.1 Å². The number of hydrogen-bond acceptors (Lipinski definition) is 2. The lowest BCUT2D eigenvalue weighted by Crippen LogP contribution is -2.37. The molecule has 1 aromatic rings. The van der Waals surface area contributed by atoms with Crippen molar-refractivity contribution in [3.05, 3.63) is 22.7 Å². The summed E-state index contributed by atoms with van der Waals surface area (Å²) in [6.07, 6.45) is -12.2. The molecule has 0 amide bonds. The van der Waals surface area contributed by atoms with Crippen molar-refractivity contribution in [1.82, 2.24) is 4.98 Å². The van der Waals surface area contributed by atoms with E-state index in [-0.39, 0.29) is 4.90 Å². The van der Waals surface area contributed by atoms with Gasteiger partial charge in [0.15, 0.2) is 0 Å². The summed E-state index contributed by atoms with van der Waals surface area (Å²) < 4.78 is 119. The Morgan fingerprint density at radius 1 is 1.86 bits per heavy atom. The lowest BCUT2D eigenvalue weighted by Gasteiger charge is -2.34. The maximum absolute atomic E-state index is 8.44. The van der Waals surface area contributed by atoms with Gasteiger partial charge in [0.1, 0.15) is 5.82 Å². The van der Waals surface area contributed by atoms with Crippen molar-refractivity contribution >= 4 is 21.7 Å². The van der Waals surface area contributed by atoms with Crippen molar-refractivity contribution in [3.63, 3.8) is 0 Å². The minimum atomic E-state index is -3.84. The van der Waals surface area contributed by atoms with Crippen LogP contribution in [0.25, 0.3) is 0 Å². The smallest absolute Gasteiger partial charge is 0.129 e. The summed E-state index contributed by atoms with van der Waals surface area (Å²) in [6, 6.07) is -5.30. The van der Waals surface area contributed by atoms with E-state index in [1.165, 1.54) is 0 Å². The van der Waals surface area contributed by atoms with Gasteiger partial charge < -0.3 is 4.90 Å². The van der Waals surface area contributed by atoms with Crippen molar-refractivity contribution in [2.24, 2.45) is 0 Å². The van der Waals surface area contributed by atoms with Crippen molar-refractivity contribution < 1.29 is 20.6 Å². The first-order chi connectivity index (χ1) is 12.6. The van der Waals surface area contributed by atoms with E-state index >= 15 is 0 Å². The van der Waals surface area contributed by atoms with Crippen LogP contribution in [0, 0.1) is 0 Å². The van der Waals surface area contributed by atoms with Crippen LogP contribution in [-0.2, 0) is 0 Å². The molecular weight excluding hydrogens is 240 g/mol. The van der Waals surface area contributed by atoms with Crippen LogP contribution in [0.5, 0.6) is 0 Å². The molecule has 0 aliphatic carbocycles. The largest absolute Gasteiger partial charge is 0.354 e. The molecule has 1 fully saturated rings. The summed E-state index contributed by atoms with van der Waals surface area (Å²) in [5.74, 6) is -1.09. The van der Waals surface area contributed by atoms with Gasteiger partial charge in [0, 0.05) is 38.2 Å². The Kier molecular flexibility index (Phi) is 0.736. The second-order valence-electron chi connectivity index (χ2n) is 2.28. The van der Waals surface area contributed by atoms with Crippen molar-refractivity contribution in [3.8, 4) is 0 Å². The molecule has 1 unspecified atom stereocenters. The van der Waals surface area contributed by atoms with E-state index in [0.717, 1.165) is 0 Å². The topological polar surface area (TPSA) is 16.1 Å². The summed E-state index contributed by atoms with van der Waals surface area (Å²) in [5, 5.41) is 0. The van der Waals surface area contributed by atoms with Crippen LogP contribution in [0.3, 0.4) is 0 Å². The average Bonchev–Trinajstić information content (AvgIpc) is 2.54. The molecule has 0 N–H and O–H groups in total. The molecule has 3 heteroatoms. The van der Waals surface area contributed by atoms with Gasteiger partial charge in [-0.3, -0.25) is 0 Å². The summed E-state index contributed by atoms with van der Waals surface area (Å²) in [4.78, 5) is 3.22. The minimum Gasteiger partial charge on any atom is -0.354 e. The van der Waals surface area contributed by atoms with E-state index in [4.69, 9.17) is 20.6 Å². The highest BCUT2D eigenvalue weighted by Crippen LogP contribution is 2.24. The predicted octanol–water partition coefficient (Wildman–Crippen LogP) is 3.22. The Labute approximate surface area is 115 Å². The normalized spacial score (nSPS) is 58.6. The van der Waals surface area contributed by atoms with Crippen LogP contribution >= 0.6 is 15.9 Å². The number of anilines is 1. The van der Waals surface area contributed by atoms with E-state index in [9.17, 15) is 0 Å². The van der Waals surface area contributed by atoms with Gasteiger partial charge in [-0.15, -0.1) is 0 Å². The first kappa shape index (κ1) is 2.40. The van der Waals surface area contributed by atoms with Gasteiger partial charge in [0.25, 0.3) is 0 Å². The van der Waals surface area contributed by atoms with Crippen LogP contribution in [-0.4, -0.2) is 17.5 Å². The molecule has 1 aliphatic rings. The number of nitrogens with zero attached hydrogens (tertiary/aromatic N) is 2. The fourth-order valence-corrected chi connectivity index (χ4v) is 1.10. The maximum atomic E-state index is 8.44. The predicted molar refractivity (Wildman–Crippen MR) is 62.6 cm³/mol. The van der Waals surface area contributed by atoms with Gasteiger partial charge in [-0.25, -0.2) is 4.98 Å². The van der Waals surface area contributed by atoms with Crippen LogP contribution in [0.15, 0.2) is 22.7 Å². The molecule has 0 bridgehead atoms. The Bertz CT molecular complexity index is 850. The average molecular weight is 270 g/mol. The lowest BCUT2D eigenvalue weighted by atomic mass is 10.0. The van der Waals surface area contributed by atoms with E-state index in [2.05, 4.69) is 20.9 Å². The third kappa shape index (κ3) is 2.08. The SMILES string of the molecule is [2H]c1nc(N2C([2H])([2H])C([2H])([2H])C([2H])([2H])C([2H])([2H])C2([2H])C([2H])([2H])[2H])c([2H])c(Br)c1[2H]. The highest BCUT2D eigenvalue weighted by molar-refractivity contribution is 9.10. The standard InChI is InChI=1S/C11H15BrN2/c1-9-4-2-3-7-14(9)11-8-10(12)5-6-13-11/h5-6,8-9H,2-4,7H2,1H3/i1D3,2D2,3D2,4D2,5D,6D,7D2,8D,9D. The van der Waals surface area contributed by atoms with E-state index < -0.39 is 67.0 Å². The molecule has 1 atom stereocenters. The second kappa shape index (κ2) is 4.30. The van der Waals surface area contributed by atoms with Crippen molar-refractivity contribution in [2.45, 2.75) is 32.0 Å². The monoisotopic (exact) mass is 269 g/mol. The van der Waals surface area contributed by atoms with Crippen LogP contribution < -0.4 is 4.90 Å². The van der Waals surface area contributed by atoms with Crippen LogP contribution in [0.1, 0.15) is 46.5 Å². The van der Waals surface area contributed by atoms with E-state index in [1.807, 2.05) is 0 Å². The first-order valence-corrected chi connectivity index (χ1v) is 4.35. The highest BCUT2D eigenvalue weighted by Gasteiger charge is 2.19. The van der Waals surface area contributed by atoms with Gasteiger partial charge in [-0.1, -0.05) is 15.9 Å². The third-order valence-corrected chi connectivity index (χ3v) is 1.79. The second-order valence-corrected chi connectivity index (χ2v) is 3.08. The van der Waals surface area contributed by atoms with Crippen molar-refractivity contribution in [1.29, 1.82) is 0 Å². The minimum absolute atomic E-state index is 0.237. The fourth-order valence-electron chi connectivity index (χ4n) is 0.838. The maximum Gasteiger partial charge on any atom is 0.129 e. The fraction of sp³-hybridized carbons (Fsp3) is 0.545. The zero-order chi connectivity index (χ0) is 23.2. The van der Waals surface area contributed by atoms with Gasteiger partial charge in [0.2, 0.25) is 0 Å². The van der Waals surface area contributed by atoms with Crippen molar-refractivity contribution in [2.75, 3.05) is 11.4 Å². The zero-order valence-corrected chi connectivity index (χ0v) is 8.36. The number of piperidine rings is 1. The van der Waals surface area contributed by atoms with Crippen LogP contribution in [0.2, 0.25) is 0 Å². The lowest BCUT2D eigenvalue weighted by molar-refractivity contribution is 0.481. The summed E-state index contributed by atoms with van der Waals surface area (Å²) in [5.41, 5.74) is 0. The molecule has 0 aromatic carbocycles.